The molecule has 0 aromatic heterocycles. The largest absolute Gasteiger partial charge is 0.369 e. The lowest BCUT2D eigenvalue weighted by molar-refractivity contribution is 0.424. The van der Waals surface area contributed by atoms with Crippen LogP contribution in [-0.4, -0.2) is 29.9 Å². The van der Waals surface area contributed by atoms with Crippen LogP contribution in [0.25, 0.3) is 0 Å². The summed E-state index contributed by atoms with van der Waals surface area (Å²) in [6.07, 6.45) is 2.19. The zero-order valence-electron chi connectivity index (χ0n) is 8.38. The molecule has 0 radical (unpaired) electrons. The maximum absolute atomic E-state index is 6.95. The number of nitrogens with two attached hydrogens (primary N) is 2. The minimum Gasteiger partial charge on any atom is -0.369 e. The van der Waals surface area contributed by atoms with Crippen molar-refractivity contribution < 1.29 is 0 Å². The molecule has 0 aliphatic heterocycles. The van der Waals surface area contributed by atoms with Crippen molar-refractivity contribution in [2.24, 2.45) is 16.5 Å². The van der Waals surface area contributed by atoms with E-state index in [1.165, 1.54) is 0 Å². The molecule has 0 heterocycles. The normalized spacial score (nSPS) is 11.4. The second kappa shape index (κ2) is 6.28. The number of hydrogen-bond acceptors (Lipinski definition) is 1. The fourth-order valence-corrected chi connectivity index (χ4v) is 0.978. The number of rotatable bonds is 4. The van der Waals surface area contributed by atoms with Gasteiger partial charge >= 0.3 is 0 Å². The Balaban J connectivity index is 4.13. The van der Waals surface area contributed by atoms with Crippen LogP contribution in [0.1, 0.15) is 26.7 Å². The maximum Gasteiger partial charge on any atom is 0.215 e. The first kappa shape index (κ1) is 11.7. The molecule has 5 heteroatoms. The lowest BCUT2D eigenvalue weighted by atomic mass is 10.3. The third-order valence-electron chi connectivity index (χ3n) is 1.72. The predicted molar refractivity (Wildman–Crippen MR) is 55.7 cm³/mol. The number of unbranched alkanes of at least 4 members (excludes halogenated alkanes) is 1. The van der Waals surface area contributed by atoms with Crippen molar-refractivity contribution >= 4 is 11.9 Å². The molecule has 0 aromatic carbocycles. The Bertz CT molecular complexity index is 187. The number of guanidine groups is 2. The molecule has 0 aromatic rings. The Kier molecular flexibility index (Phi) is 5.67. The van der Waals surface area contributed by atoms with E-state index in [0.29, 0.717) is 5.96 Å². The zero-order valence-corrected chi connectivity index (χ0v) is 8.38. The Morgan fingerprint density at radius 3 is 2.38 bits per heavy atom. The van der Waals surface area contributed by atoms with Gasteiger partial charge in [0.2, 0.25) is 5.96 Å². The van der Waals surface area contributed by atoms with Crippen LogP contribution in [0.2, 0.25) is 0 Å². The van der Waals surface area contributed by atoms with Gasteiger partial charge in [-0.2, -0.15) is 4.99 Å². The standard InChI is InChI=1S/C8H19N5/c1-3-5-6-13(4-2)8(11)12-7(9)10/h3-6H2,1-2H3,(H5,9,10,11,12). The Labute approximate surface area is 79.3 Å². The quantitative estimate of drug-likeness (QED) is 0.435. The predicted octanol–water partition coefficient (Wildman–Crippen LogP) is 0.317. The SMILES string of the molecule is CCCCN(CC)/C(N)=N/C(=N)N. The first-order chi connectivity index (χ1) is 6.11. The van der Waals surface area contributed by atoms with Gasteiger partial charge in [-0.15, -0.1) is 0 Å². The van der Waals surface area contributed by atoms with Crippen LogP contribution in [-0.2, 0) is 0 Å². The third kappa shape index (κ3) is 5.05. The van der Waals surface area contributed by atoms with Gasteiger partial charge in [-0.3, -0.25) is 5.41 Å². The van der Waals surface area contributed by atoms with Crippen LogP contribution in [0, 0.1) is 5.41 Å². The highest BCUT2D eigenvalue weighted by Gasteiger charge is 2.04. The van der Waals surface area contributed by atoms with Crippen LogP contribution in [0.5, 0.6) is 0 Å². The van der Waals surface area contributed by atoms with E-state index in [1.54, 1.807) is 0 Å². The van der Waals surface area contributed by atoms with E-state index < -0.39 is 0 Å². The topological polar surface area (TPSA) is 91.5 Å². The van der Waals surface area contributed by atoms with Gasteiger partial charge in [-0.05, 0) is 13.3 Å². The molecule has 0 bridgehead atoms. The lowest BCUT2D eigenvalue weighted by Crippen LogP contribution is -2.39. The molecule has 5 nitrogen and oxygen atoms in total. The van der Waals surface area contributed by atoms with E-state index in [1.807, 2.05) is 11.8 Å². The molecular formula is C8H19N5. The smallest absolute Gasteiger partial charge is 0.215 e. The van der Waals surface area contributed by atoms with Gasteiger partial charge in [0.15, 0.2) is 5.96 Å². The van der Waals surface area contributed by atoms with Crippen LogP contribution in [0.15, 0.2) is 4.99 Å². The molecule has 5 N–H and O–H groups in total. The van der Waals surface area contributed by atoms with Crippen molar-refractivity contribution in [2.45, 2.75) is 26.7 Å². The van der Waals surface area contributed by atoms with Gasteiger partial charge < -0.3 is 16.4 Å². The summed E-state index contributed by atoms with van der Waals surface area (Å²) in [7, 11) is 0. The van der Waals surface area contributed by atoms with Gasteiger partial charge in [0.25, 0.3) is 0 Å². The molecule has 0 unspecified atom stereocenters. The lowest BCUT2D eigenvalue weighted by Gasteiger charge is -2.20. The molecule has 0 saturated heterocycles. The van der Waals surface area contributed by atoms with E-state index >= 15 is 0 Å². The van der Waals surface area contributed by atoms with E-state index in [4.69, 9.17) is 16.9 Å². The molecule has 0 saturated carbocycles. The summed E-state index contributed by atoms with van der Waals surface area (Å²) in [4.78, 5) is 5.59. The summed E-state index contributed by atoms with van der Waals surface area (Å²) in [5.74, 6) is 0.0934. The second-order valence-electron chi connectivity index (χ2n) is 2.79. The molecule has 0 rings (SSSR count). The highest BCUT2D eigenvalue weighted by molar-refractivity contribution is 5.91. The van der Waals surface area contributed by atoms with Crippen molar-refractivity contribution in [3.8, 4) is 0 Å². The minimum absolute atomic E-state index is 0.243. The average Bonchev–Trinajstić information content (AvgIpc) is 2.04. The summed E-state index contributed by atoms with van der Waals surface area (Å²) in [6, 6.07) is 0. The fraction of sp³-hybridized carbons (Fsp3) is 0.750. The first-order valence-corrected chi connectivity index (χ1v) is 4.54. The van der Waals surface area contributed by atoms with Gasteiger partial charge in [-0.25, -0.2) is 0 Å². The highest BCUT2D eigenvalue weighted by atomic mass is 15.3. The van der Waals surface area contributed by atoms with E-state index in [9.17, 15) is 0 Å². The van der Waals surface area contributed by atoms with Crippen molar-refractivity contribution in [1.29, 1.82) is 5.41 Å². The first-order valence-electron chi connectivity index (χ1n) is 4.54. The molecule has 0 aliphatic carbocycles. The number of hydrogen-bond donors (Lipinski definition) is 3. The molecule has 0 aliphatic rings. The van der Waals surface area contributed by atoms with Crippen LogP contribution in [0.4, 0.5) is 0 Å². The van der Waals surface area contributed by atoms with Crippen molar-refractivity contribution in [3.05, 3.63) is 0 Å². The number of nitrogens with zero attached hydrogens (tertiary/aromatic N) is 2. The number of nitrogens with one attached hydrogen (secondary N) is 1. The zero-order chi connectivity index (χ0) is 10.3. The summed E-state index contributed by atoms with van der Waals surface area (Å²) in [5.41, 5.74) is 10.7. The summed E-state index contributed by atoms with van der Waals surface area (Å²) in [6.45, 7) is 5.78. The van der Waals surface area contributed by atoms with E-state index in [2.05, 4.69) is 11.9 Å². The fourth-order valence-electron chi connectivity index (χ4n) is 0.978. The Morgan fingerprint density at radius 2 is 2.00 bits per heavy atom. The van der Waals surface area contributed by atoms with Gasteiger partial charge in [0.1, 0.15) is 0 Å². The highest BCUT2D eigenvalue weighted by Crippen LogP contribution is 1.94. The molecular weight excluding hydrogens is 166 g/mol. The molecule has 76 valence electrons. The van der Waals surface area contributed by atoms with Crippen LogP contribution >= 0.6 is 0 Å². The molecule has 0 fully saturated rings. The van der Waals surface area contributed by atoms with E-state index in [0.717, 1.165) is 25.9 Å². The summed E-state index contributed by atoms with van der Waals surface area (Å²) < 4.78 is 0. The molecule has 0 atom stereocenters. The van der Waals surface area contributed by atoms with Gasteiger partial charge in [0.05, 0.1) is 0 Å². The third-order valence-corrected chi connectivity index (χ3v) is 1.72. The van der Waals surface area contributed by atoms with Crippen molar-refractivity contribution in [3.63, 3.8) is 0 Å². The van der Waals surface area contributed by atoms with E-state index in [-0.39, 0.29) is 5.96 Å². The summed E-state index contributed by atoms with van der Waals surface area (Å²) in [5, 5.41) is 6.95. The van der Waals surface area contributed by atoms with Crippen LogP contribution in [0.3, 0.4) is 0 Å². The van der Waals surface area contributed by atoms with Crippen LogP contribution < -0.4 is 11.5 Å². The van der Waals surface area contributed by atoms with Crippen molar-refractivity contribution in [1.82, 2.24) is 4.90 Å². The molecule has 0 spiro atoms. The maximum atomic E-state index is 6.95. The molecule has 0 amide bonds. The minimum atomic E-state index is -0.243. The van der Waals surface area contributed by atoms with Gasteiger partial charge in [0, 0.05) is 13.1 Å². The summed E-state index contributed by atoms with van der Waals surface area (Å²) >= 11 is 0. The second-order valence-corrected chi connectivity index (χ2v) is 2.79. The monoisotopic (exact) mass is 185 g/mol. The molecule has 13 heavy (non-hydrogen) atoms. The number of aliphatic imine (C=N–C) groups is 1. The van der Waals surface area contributed by atoms with Gasteiger partial charge in [-0.1, -0.05) is 13.3 Å². The average molecular weight is 185 g/mol. The Morgan fingerprint density at radius 1 is 1.38 bits per heavy atom. The Hall–Kier alpha value is -1.26. The van der Waals surface area contributed by atoms with Crippen molar-refractivity contribution in [2.75, 3.05) is 13.1 Å².